The van der Waals surface area contributed by atoms with Crippen LogP contribution in [0.4, 0.5) is 16.2 Å². The van der Waals surface area contributed by atoms with Crippen molar-refractivity contribution in [2.45, 2.75) is 6.42 Å². The first-order valence-electron chi connectivity index (χ1n) is 8.42. The molecule has 2 aromatic rings. The van der Waals surface area contributed by atoms with Crippen molar-refractivity contribution in [2.75, 3.05) is 18.4 Å². The van der Waals surface area contributed by atoms with E-state index in [2.05, 4.69) is 10.6 Å². The predicted molar refractivity (Wildman–Crippen MR) is 107 cm³/mol. The summed E-state index contributed by atoms with van der Waals surface area (Å²) in [6.45, 7) is 0.232. The monoisotopic (exact) mass is 436 g/mol. The first kappa shape index (κ1) is 20.6. The Hall–Kier alpha value is -3.17. The van der Waals surface area contributed by atoms with Gasteiger partial charge in [0.1, 0.15) is 0 Å². The summed E-state index contributed by atoms with van der Waals surface area (Å²) in [5.74, 6) is -1.11. The SMILES string of the molecule is O=C(NCCCN1C(=O)c2ccc([N+](=O)[O-])cc2C1=O)Nc1cc(Cl)ccc1Cl. The number of non-ortho nitro benzene ring substituents is 1. The quantitative estimate of drug-likeness (QED) is 0.309. The van der Waals surface area contributed by atoms with Crippen LogP contribution in [-0.2, 0) is 0 Å². The van der Waals surface area contributed by atoms with Crippen molar-refractivity contribution in [1.29, 1.82) is 0 Å². The smallest absolute Gasteiger partial charge is 0.319 e. The van der Waals surface area contributed by atoms with E-state index in [1.165, 1.54) is 18.2 Å². The molecule has 150 valence electrons. The maximum Gasteiger partial charge on any atom is 0.319 e. The van der Waals surface area contributed by atoms with E-state index >= 15 is 0 Å². The van der Waals surface area contributed by atoms with E-state index < -0.39 is 22.8 Å². The maximum atomic E-state index is 12.4. The molecule has 0 unspecified atom stereocenters. The molecule has 1 heterocycles. The molecule has 0 radical (unpaired) electrons. The van der Waals surface area contributed by atoms with Gasteiger partial charge in [-0.15, -0.1) is 0 Å². The van der Waals surface area contributed by atoms with Crippen LogP contribution in [0.5, 0.6) is 0 Å². The lowest BCUT2D eigenvalue weighted by Gasteiger charge is -2.14. The third-order valence-corrected chi connectivity index (χ3v) is 4.75. The molecule has 11 heteroatoms. The van der Waals surface area contributed by atoms with Crippen molar-refractivity contribution in [1.82, 2.24) is 10.2 Å². The molecule has 2 aromatic carbocycles. The second-order valence-electron chi connectivity index (χ2n) is 6.11. The molecule has 4 amide bonds. The van der Waals surface area contributed by atoms with Gasteiger partial charge >= 0.3 is 6.03 Å². The van der Waals surface area contributed by atoms with Crippen LogP contribution in [0.25, 0.3) is 0 Å². The van der Waals surface area contributed by atoms with Gasteiger partial charge in [-0.3, -0.25) is 24.6 Å². The maximum absolute atomic E-state index is 12.4. The number of benzene rings is 2. The highest BCUT2D eigenvalue weighted by Crippen LogP contribution is 2.27. The lowest BCUT2D eigenvalue weighted by molar-refractivity contribution is -0.384. The fourth-order valence-corrected chi connectivity index (χ4v) is 3.13. The van der Waals surface area contributed by atoms with E-state index in [1.807, 2.05) is 0 Å². The molecule has 0 aliphatic carbocycles. The van der Waals surface area contributed by atoms with Crippen molar-refractivity contribution >= 4 is 52.4 Å². The number of nitrogens with zero attached hydrogens (tertiary/aromatic N) is 2. The van der Waals surface area contributed by atoms with Crippen LogP contribution in [0.2, 0.25) is 10.0 Å². The van der Waals surface area contributed by atoms with E-state index in [0.717, 1.165) is 11.0 Å². The van der Waals surface area contributed by atoms with Crippen molar-refractivity contribution in [2.24, 2.45) is 0 Å². The molecule has 0 saturated heterocycles. The summed E-state index contributed by atoms with van der Waals surface area (Å²) in [6.07, 6.45) is 0.296. The number of carbonyl (C=O) groups excluding carboxylic acids is 3. The number of anilines is 1. The largest absolute Gasteiger partial charge is 0.338 e. The molecule has 0 fully saturated rings. The highest BCUT2D eigenvalue weighted by molar-refractivity contribution is 6.35. The van der Waals surface area contributed by atoms with Crippen LogP contribution in [0.15, 0.2) is 36.4 Å². The average molecular weight is 437 g/mol. The van der Waals surface area contributed by atoms with Gasteiger partial charge in [-0.05, 0) is 30.7 Å². The summed E-state index contributed by atoms with van der Waals surface area (Å²) in [4.78, 5) is 47.9. The molecule has 0 spiro atoms. The van der Waals surface area contributed by atoms with Crippen LogP contribution >= 0.6 is 23.2 Å². The molecule has 0 atom stereocenters. The molecule has 0 aromatic heterocycles. The number of imide groups is 1. The number of nitro groups is 1. The lowest BCUT2D eigenvalue weighted by Crippen LogP contribution is -2.35. The minimum absolute atomic E-state index is 0.00509. The van der Waals surface area contributed by atoms with Gasteiger partial charge in [0.05, 0.1) is 26.8 Å². The van der Waals surface area contributed by atoms with Crippen molar-refractivity contribution in [3.8, 4) is 0 Å². The minimum atomic E-state index is -0.630. The number of rotatable bonds is 6. The molecule has 0 saturated carbocycles. The summed E-state index contributed by atoms with van der Waals surface area (Å²) in [7, 11) is 0. The number of halogens is 2. The van der Waals surface area contributed by atoms with E-state index in [0.29, 0.717) is 22.2 Å². The van der Waals surface area contributed by atoms with Crippen LogP contribution in [-0.4, -0.2) is 40.8 Å². The van der Waals surface area contributed by atoms with Crippen LogP contribution in [0.1, 0.15) is 27.1 Å². The molecule has 1 aliphatic heterocycles. The number of nitro benzene ring substituents is 1. The molecule has 2 N–H and O–H groups in total. The van der Waals surface area contributed by atoms with Crippen molar-refractivity contribution in [3.05, 3.63) is 67.7 Å². The molecular formula is C18H14Cl2N4O5. The summed E-state index contributed by atoms with van der Waals surface area (Å²) >= 11 is 11.8. The number of fused-ring (bicyclic) bond motifs is 1. The number of nitrogens with one attached hydrogen (secondary N) is 2. The number of hydrogen-bond donors (Lipinski definition) is 2. The van der Waals surface area contributed by atoms with Gasteiger partial charge in [0.25, 0.3) is 17.5 Å². The van der Waals surface area contributed by atoms with Gasteiger partial charge in [-0.25, -0.2) is 4.79 Å². The second kappa shape index (κ2) is 8.46. The Labute approximate surface area is 174 Å². The first-order chi connectivity index (χ1) is 13.8. The standard InChI is InChI=1S/C18H14Cl2N4O5/c19-10-2-5-14(20)15(8-10)22-18(27)21-6-1-7-23-16(25)12-4-3-11(24(28)29)9-13(12)17(23)26/h2-5,8-9H,1,6-7H2,(H2,21,22,27). The van der Waals surface area contributed by atoms with E-state index in [9.17, 15) is 24.5 Å². The Balaban J connectivity index is 1.52. The van der Waals surface area contributed by atoms with Gasteiger partial charge in [0, 0.05) is 30.2 Å². The van der Waals surface area contributed by atoms with Crippen molar-refractivity contribution in [3.63, 3.8) is 0 Å². The minimum Gasteiger partial charge on any atom is -0.338 e. The lowest BCUT2D eigenvalue weighted by atomic mass is 10.1. The highest BCUT2D eigenvalue weighted by Gasteiger charge is 2.36. The van der Waals surface area contributed by atoms with Gasteiger partial charge in [-0.1, -0.05) is 23.2 Å². The predicted octanol–water partition coefficient (Wildman–Crippen LogP) is 3.71. The Kier molecular flexibility index (Phi) is 6.00. The Morgan fingerprint density at radius 1 is 1.07 bits per heavy atom. The van der Waals surface area contributed by atoms with Gasteiger partial charge in [-0.2, -0.15) is 0 Å². The van der Waals surface area contributed by atoms with E-state index in [-0.39, 0.29) is 29.9 Å². The Bertz CT molecular complexity index is 1030. The third kappa shape index (κ3) is 4.47. The van der Waals surface area contributed by atoms with E-state index in [4.69, 9.17) is 23.2 Å². The molecule has 1 aliphatic rings. The summed E-state index contributed by atoms with van der Waals surface area (Å²) in [6, 6.07) is 7.66. The fraction of sp³-hybridized carbons (Fsp3) is 0.167. The van der Waals surface area contributed by atoms with Gasteiger partial charge < -0.3 is 10.6 Å². The zero-order chi connectivity index (χ0) is 21.1. The topological polar surface area (TPSA) is 122 Å². The molecule has 29 heavy (non-hydrogen) atoms. The van der Waals surface area contributed by atoms with Crippen molar-refractivity contribution < 1.29 is 19.3 Å². The zero-order valence-electron chi connectivity index (χ0n) is 14.8. The Morgan fingerprint density at radius 3 is 2.52 bits per heavy atom. The molecule has 3 rings (SSSR count). The number of carbonyl (C=O) groups is 3. The summed E-state index contributed by atoms with van der Waals surface area (Å²) in [5, 5.41) is 16.7. The Morgan fingerprint density at radius 2 is 1.79 bits per heavy atom. The number of urea groups is 1. The number of hydrogen-bond acceptors (Lipinski definition) is 5. The van der Waals surface area contributed by atoms with Gasteiger partial charge in [0.15, 0.2) is 0 Å². The van der Waals surface area contributed by atoms with Gasteiger partial charge in [0.2, 0.25) is 0 Å². The third-order valence-electron chi connectivity index (χ3n) is 4.19. The molecular weight excluding hydrogens is 423 g/mol. The number of amides is 4. The molecule has 9 nitrogen and oxygen atoms in total. The summed E-state index contributed by atoms with van der Waals surface area (Å²) < 4.78 is 0. The van der Waals surface area contributed by atoms with Crippen LogP contribution in [0.3, 0.4) is 0 Å². The average Bonchev–Trinajstić information content (AvgIpc) is 2.92. The van der Waals surface area contributed by atoms with Crippen LogP contribution < -0.4 is 10.6 Å². The molecule has 0 bridgehead atoms. The van der Waals surface area contributed by atoms with Crippen LogP contribution in [0, 0.1) is 10.1 Å². The van der Waals surface area contributed by atoms with E-state index in [1.54, 1.807) is 12.1 Å². The fourth-order valence-electron chi connectivity index (χ4n) is 2.79. The summed E-state index contributed by atoms with van der Waals surface area (Å²) in [5.41, 5.74) is 0.218. The first-order valence-corrected chi connectivity index (χ1v) is 9.18. The zero-order valence-corrected chi connectivity index (χ0v) is 16.3. The second-order valence-corrected chi connectivity index (χ2v) is 6.95. The normalized spacial score (nSPS) is 12.7. The highest BCUT2D eigenvalue weighted by atomic mass is 35.5.